The van der Waals surface area contributed by atoms with Crippen molar-refractivity contribution in [2.24, 2.45) is 17.4 Å². The van der Waals surface area contributed by atoms with Crippen molar-refractivity contribution in [1.29, 1.82) is 0 Å². The van der Waals surface area contributed by atoms with Crippen LogP contribution in [0.25, 0.3) is 0 Å². The zero-order valence-corrected chi connectivity index (χ0v) is 9.98. The summed E-state index contributed by atoms with van der Waals surface area (Å²) >= 11 is 0. The SMILES string of the molecule is NC(=O)CCNNC(=O)[C@H](CC1CC1)OC(N)=O. The van der Waals surface area contributed by atoms with Crippen molar-refractivity contribution in [3.63, 3.8) is 0 Å². The molecular formula is C10H18N4O4. The maximum absolute atomic E-state index is 11.7. The lowest BCUT2D eigenvalue weighted by Crippen LogP contribution is -2.46. The van der Waals surface area contributed by atoms with Crippen molar-refractivity contribution < 1.29 is 19.1 Å². The minimum absolute atomic E-state index is 0.101. The second-order valence-corrected chi connectivity index (χ2v) is 4.24. The topological polar surface area (TPSA) is 137 Å². The predicted octanol–water partition coefficient (Wildman–Crippen LogP) is -1.25. The van der Waals surface area contributed by atoms with Crippen LogP contribution in [0.5, 0.6) is 0 Å². The molecule has 8 heteroatoms. The number of carbonyl (C=O) groups excluding carboxylic acids is 3. The van der Waals surface area contributed by atoms with Gasteiger partial charge in [-0.1, -0.05) is 12.8 Å². The van der Waals surface area contributed by atoms with E-state index in [2.05, 4.69) is 10.9 Å². The lowest BCUT2D eigenvalue weighted by atomic mass is 10.2. The quantitative estimate of drug-likeness (QED) is 0.318. The number of hydrazine groups is 1. The van der Waals surface area contributed by atoms with Gasteiger partial charge in [-0.05, 0) is 12.3 Å². The summed E-state index contributed by atoms with van der Waals surface area (Å²) in [6.07, 6.45) is 0.752. The molecule has 0 spiro atoms. The minimum Gasteiger partial charge on any atom is -0.436 e. The Hall–Kier alpha value is -1.83. The first-order valence-corrected chi connectivity index (χ1v) is 5.76. The molecule has 1 atom stereocenters. The van der Waals surface area contributed by atoms with Gasteiger partial charge in [-0.2, -0.15) is 0 Å². The van der Waals surface area contributed by atoms with Gasteiger partial charge in [-0.15, -0.1) is 0 Å². The van der Waals surface area contributed by atoms with Crippen molar-refractivity contribution in [3.8, 4) is 0 Å². The summed E-state index contributed by atoms with van der Waals surface area (Å²) in [6.45, 7) is 0.216. The number of nitrogens with one attached hydrogen (secondary N) is 2. The molecular weight excluding hydrogens is 240 g/mol. The fourth-order valence-electron chi connectivity index (χ4n) is 1.42. The zero-order chi connectivity index (χ0) is 13.5. The molecule has 0 bridgehead atoms. The number of nitrogens with two attached hydrogens (primary N) is 2. The van der Waals surface area contributed by atoms with Crippen LogP contribution in [0.15, 0.2) is 0 Å². The van der Waals surface area contributed by atoms with Gasteiger partial charge in [-0.3, -0.25) is 15.0 Å². The maximum Gasteiger partial charge on any atom is 0.405 e. The average Bonchev–Trinajstić information content (AvgIpc) is 3.06. The van der Waals surface area contributed by atoms with E-state index in [0.717, 1.165) is 12.8 Å². The van der Waals surface area contributed by atoms with Crippen molar-refractivity contribution >= 4 is 17.9 Å². The summed E-state index contributed by atoms with van der Waals surface area (Å²) in [5.74, 6) is -0.546. The van der Waals surface area contributed by atoms with Crippen LogP contribution in [0.4, 0.5) is 4.79 Å². The molecule has 3 amide bonds. The molecule has 1 aliphatic carbocycles. The van der Waals surface area contributed by atoms with Crippen molar-refractivity contribution in [1.82, 2.24) is 10.9 Å². The monoisotopic (exact) mass is 258 g/mol. The van der Waals surface area contributed by atoms with Crippen LogP contribution >= 0.6 is 0 Å². The molecule has 0 aromatic heterocycles. The Labute approximate surface area is 104 Å². The second kappa shape index (κ2) is 6.80. The summed E-state index contributed by atoms with van der Waals surface area (Å²) in [5.41, 5.74) is 14.7. The molecule has 6 N–H and O–H groups in total. The Bertz CT molecular complexity index is 330. The van der Waals surface area contributed by atoms with Crippen LogP contribution < -0.4 is 22.3 Å². The summed E-state index contributed by atoms with van der Waals surface area (Å²) < 4.78 is 4.74. The molecule has 0 aromatic rings. The molecule has 0 heterocycles. The van der Waals surface area contributed by atoms with E-state index in [4.69, 9.17) is 16.2 Å². The van der Waals surface area contributed by atoms with Crippen LogP contribution in [0.3, 0.4) is 0 Å². The van der Waals surface area contributed by atoms with E-state index in [9.17, 15) is 14.4 Å². The Balaban J connectivity index is 2.28. The van der Waals surface area contributed by atoms with Gasteiger partial charge in [-0.25, -0.2) is 10.2 Å². The maximum atomic E-state index is 11.7. The standard InChI is InChI=1S/C10H18N4O4/c11-8(15)3-4-13-14-9(16)7(18-10(12)17)5-6-1-2-6/h6-7,13H,1-5H2,(H2,11,15)(H2,12,17)(H,14,16)/t7-/m0/s1. The van der Waals surface area contributed by atoms with E-state index in [-0.39, 0.29) is 13.0 Å². The fourth-order valence-corrected chi connectivity index (χ4v) is 1.42. The van der Waals surface area contributed by atoms with Gasteiger partial charge in [0.15, 0.2) is 6.10 Å². The zero-order valence-electron chi connectivity index (χ0n) is 9.98. The Morgan fingerprint density at radius 3 is 2.44 bits per heavy atom. The average molecular weight is 258 g/mol. The van der Waals surface area contributed by atoms with Gasteiger partial charge >= 0.3 is 6.09 Å². The van der Waals surface area contributed by atoms with Crippen LogP contribution in [0.2, 0.25) is 0 Å². The number of hydrogen-bond acceptors (Lipinski definition) is 5. The first-order chi connectivity index (χ1) is 8.49. The Kier molecular flexibility index (Phi) is 5.37. The minimum atomic E-state index is -0.979. The first kappa shape index (κ1) is 14.2. The van der Waals surface area contributed by atoms with E-state index in [1.54, 1.807) is 0 Å². The number of hydrogen-bond donors (Lipinski definition) is 4. The number of amides is 3. The summed E-state index contributed by atoms with van der Waals surface area (Å²) in [6, 6.07) is 0. The van der Waals surface area contributed by atoms with E-state index < -0.39 is 24.0 Å². The van der Waals surface area contributed by atoms with Gasteiger partial charge in [0.2, 0.25) is 5.91 Å². The van der Waals surface area contributed by atoms with E-state index >= 15 is 0 Å². The van der Waals surface area contributed by atoms with Crippen LogP contribution in [-0.2, 0) is 14.3 Å². The number of primary amides is 2. The molecule has 1 saturated carbocycles. The van der Waals surface area contributed by atoms with Gasteiger partial charge in [0.05, 0.1) is 0 Å². The third-order valence-electron chi connectivity index (χ3n) is 2.50. The summed E-state index contributed by atoms with van der Waals surface area (Å²) in [7, 11) is 0. The Morgan fingerprint density at radius 1 is 1.28 bits per heavy atom. The number of ether oxygens (including phenoxy) is 1. The van der Waals surface area contributed by atoms with E-state index in [1.165, 1.54) is 0 Å². The molecule has 1 rings (SSSR count). The van der Waals surface area contributed by atoms with Crippen molar-refractivity contribution in [3.05, 3.63) is 0 Å². The highest BCUT2D eigenvalue weighted by atomic mass is 16.6. The largest absolute Gasteiger partial charge is 0.436 e. The van der Waals surface area contributed by atoms with Crippen molar-refractivity contribution in [2.45, 2.75) is 31.8 Å². The molecule has 8 nitrogen and oxygen atoms in total. The highest BCUT2D eigenvalue weighted by Crippen LogP contribution is 2.34. The summed E-state index contributed by atoms with van der Waals surface area (Å²) in [5, 5.41) is 0. The first-order valence-electron chi connectivity index (χ1n) is 5.76. The fraction of sp³-hybridized carbons (Fsp3) is 0.700. The lowest BCUT2D eigenvalue weighted by molar-refractivity contribution is -0.131. The van der Waals surface area contributed by atoms with E-state index in [1.807, 2.05) is 0 Å². The molecule has 1 fully saturated rings. The van der Waals surface area contributed by atoms with Gasteiger partial charge < -0.3 is 16.2 Å². The molecule has 0 aromatic carbocycles. The molecule has 18 heavy (non-hydrogen) atoms. The summed E-state index contributed by atoms with van der Waals surface area (Å²) in [4.78, 5) is 32.8. The normalized spacial score (nSPS) is 15.8. The second-order valence-electron chi connectivity index (χ2n) is 4.24. The van der Waals surface area contributed by atoms with Gasteiger partial charge in [0.25, 0.3) is 5.91 Å². The van der Waals surface area contributed by atoms with Crippen molar-refractivity contribution in [2.75, 3.05) is 6.54 Å². The third kappa shape index (κ3) is 6.04. The Morgan fingerprint density at radius 2 is 1.94 bits per heavy atom. The van der Waals surface area contributed by atoms with Crippen LogP contribution in [0, 0.1) is 5.92 Å². The third-order valence-corrected chi connectivity index (χ3v) is 2.50. The molecule has 0 saturated heterocycles. The molecule has 0 aliphatic heterocycles. The van der Waals surface area contributed by atoms with Crippen LogP contribution in [0.1, 0.15) is 25.7 Å². The number of rotatable bonds is 8. The predicted molar refractivity (Wildman–Crippen MR) is 61.8 cm³/mol. The van der Waals surface area contributed by atoms with E-state index in [0.29, 0.717) is 12.3 Å². The lowest BCUT2D eigenvalue weighted by Gasteiger charge is -2.16. The molecule has 0 radical (unpaired) electrons. The smallest absolute Gasteiger partial charge is 0.405 e. The molecule has 102 valence electrons. The number of carbonyl (C=O) groups is 3. The molecule has 1 aliphatic rings. The molecule has 0 unspecified atom stereocenters. The highest BCUT2D eigenvalue weighted by molar-refractivity contribution is 5.82. The van der Waals surface area contributed by atoms with Gasteiger partial charge in [0.1, 0.15) is 0 Å². The van der Waals surface area contributed by atoms with Crippen LogP contribution in [-0.4, -0.2) is 30.6 Å². The highest BCUT2D eigenvalue weighted by Gasteiger charge is 2.31. The van der Waals surface area contributed by atoms with Gasteiger partial charge in [0, 0.05) is 13.0 Å².